The van der Waals surface area contributed by atoms with Crippen LogP contribution in [0.1, 0.15) is 25.0 Å². The molecule has 3 nitrogen and oxygen atoms in total. The quantitative estimate of drug-likeness (QED) is 0.696. The first-order valence-corrected chi connectivity index (χ1v) is 8.63. The number of benzene rings is 2. The first-order valence-electron chi connectivity index (χ1n) is 7.46. The molecular formula is C18H21BrClNO2. The van der Waals surface area contributed by atoms with Crippen molar-refractivity contribution in [2.45, 2.75) is 33.0 Å². The van der Waals surface area contributed by atoms with Crippen LogP contribution < -0.4 is 14.8 Å². The van der Waals surface area contributed by atoms with E-state index in [4.69, 9.17) is 21.1 Å². The summed E-state index contributed by atoms with van der Waals surface area (Å²) in [6, 6.07) is 12.1. The molecule has 2 aromatic rings. The fourth-order valence-corrected chi connectivity index (χ4v) is 2.94. The van der Waals surface area contributed by atoms with Gasteiger partial charge in [0.05, 0.1) is 11.6 Å². The Hall–Kier alpha value is -1.23. The third kappa shape index (κ3) is 5.41. The first kappa shape index (κ1) is 18.1. The summed E-state index contributed by atoms with van der Waals surface area (Å²) < 4.78 is 12.3. The summed E-state index contributed by atoms with van der Waals surface area (Å²) in [4.78, 5) is 0. The maximum Gasteiger partial charge on any atom is 0.175 e. The second kappa shape index (κ2) is 8.57. The highest BCUT2D eigenvalue weighted by Crippen LogP contribution is 2.37. The molecule has 0 bridgehead atoms. The van der Waals surface area contributed by atoms with Gasteiger partial charge in [-0.25, -0.2) is 0 Å². The van der Waals surface area contributed by atoms with Gasteiger partial charge in [-0.05, 0) is 51.3 Å². The van der Waals surface area contributed by atoms with Gasteiger partial charge in [0, 0.05) is 17.6 Å². The van der Waals surface area contributed by atoms with Gasteiger partial charge in [-0.2, -0.15) is 0 Å². The zero-order valence-corrected chi connectivity index (χ0v) is 15.9. The van der Waals surface area contributed by atoms with Crippen molar-refractivity contribution >= 4 is 27.5 Å². The average molecular weight is 399 g/mol. The second-order valence-corrected chi connectivity index (χ2v) is 6.85. The lowest BCUT2D eigenvalue weighted by molar-refractivity contribution is 0.282. The molecule has 0 aliphatic rings. The Balaban J connectivity index is 2.14. The van der Waals surface area contributed by atoms with Crippen molar-refractivity contribution in [3.05, 3.63) is 57.0 Å². The molecule has 23 heavy (non-hydrogen) atoms. The third-order valence-corrected chi connectivity index (χ3v) is 4.10. The fourth-order valence-electron chi connectivity index (χ4n) is 2.12. The standard InChI is InChI=1S/C18H21BrClNO2/c1-12(2)21-10-14-8-16(19)18(17(9-14)22-3)23-11-13-5-4-6-15(20)7-13/h4-9,12,21H,10-11H2,1-3H3. The molecule has 2 rings (SSSR count). The van der Waals surface area contributed by atoms with E-state index in [0.29, 0.717) is 29.2 Å². The SMILES string of the molecule is COc1cc(CNC(C)C)cc(Br)c1OCc1cccc(Cl)c1. The molecule has 0 aliphatic carbocycles. The van der Waals surface area contributed by atoms with Crippen LogP contribution in [0.5, 0.6) is 11.5 Å². The van der Waals surface area contributed by atoms with E-state index in [0.717, 1.165) is 22.1 Å². The Morgan fingerprint density at radius 3 is 2.61 bits per heavy atom. The maximum atomic E-state index is 6.00. The molecule has 0 amide bonds. The van der Waals surface area contributed by atoms with E-state index in [1.807, 2.05) is 36.4 Å². The summed E-state index contributed by atoms with van der Waals surface area (Å²) in [7, 11) is 1.65. The Labute approximate surface area is 151 Å². The number of halogens is 2. The van der Waals surface area contributed by atoms with E-state index < -0.39 is 0 Å². The van der Waals surface area contributed by atoms with Gasteiger partial charge in [0.25, 0.3) is 0 Å². The van der Waals surface area contributed by atoms with Crippen LogP contribution in [-0.2, 0) is 13.2 Å². The van der Waals surface area contributed by atoms with Crippen LogP contribution in [0, 0.1) is 0 Å². The summed E-state index contributed by atoms with van der Waals surface area (Å²) >= 11 is 9.58. The molecule has 0 saturated carbocycles. The molecule has 0 aromatic heterocycles. The summed E-state index contributed by atoms with van der Waals surface area (Å²) in [6.45, 7) is 5.45. The Kier molecular flexibility index (Phi) is 6.75. The topological polar surface area (TPSA) is 30.5 Å². The van der Waals surface area contributed by atoms with Gasteiger partial charge in [-0.3, -0.25) is 0 Å². The Bertz CT molecular complexity index is 661. The van der Waals surface area contributed by atoms with Crippen LogP contribution in [0.25, 0.3) is 0 Å². The minimum Gasteiger partial charge on any atom is -0.493 e. The van der Waals surface area contributed by atoms with E-state index >= 15 is 0 Å². The van der Waals surface area contributed by atoms with E-state index in [2.05, 4.69) is 35.1 Å². The number of ether oxygens (including phenoxy) is 2. The molecular weight excluding hydrogens is 378 g/mol. The molecule has 0 saturated heterocycles. The molecule has 0 unspecified atom stereocenters. The smallest absolute Gasteiger partial charge is 0.175 e. The molecule has 124 valence electrons. The van der Waals surface area contributed by atoms with Crippen LogP contribution in [-0.4, -0.2) is 13.2 Å². The predicted molar refractivity (Wildman–Crippen MR) is 98.5 cm³/mol. The van der Waals surface area contributed by atoms with Gasteiger partial charge in [0.15, 0.2) is 11.5 Å². The molecule has 0 heterocycles. The maximum absolute atomic E-state index is 6.00. The van der Waals surface area contributed by atoms with Crippen LogP contribution >= 0.6 is 27.5 Å². The summed E-state index contributed by atoms with van der Waals surface area (Å²) in [5, 5.41) is 4.09. The van der Waals surface area contributed by atoms with E-state index in [1.165, 1.54) is 0 Å². The molecule has 0 atom stereocenters. The second-order valence-electron chi connectivity index (χ2n) is 5.56. The summed E-state index contributed by atoms with van der Waals surface area (Å²) in [5.41, 5.74) is 2.15. The highest BCUT2D eigenvalue weighted by Gasteiger charge is 2.12. The van der Waals surface area contributed by atoms with Crippen molar-refractivity contribution < 1.29 is 9.47 Å². The van der Waals surface area contributed by atoms with Crippen LogP contribution in [0.15, 0.2) is 40.9 Å². The number of rotatable bonds is 7. The molecule has 1 N–H and O–H groups in total. The minimum atomic E-state index is 0.429. The monoisotopic (exact) mass is 397 g/mol. The molecule has 0 radical (unpaired) electrons. The van der Waals surface area contributed by atoms with Gasteiger partial charge in [0.1, 0.15) is 6.61 Å². The van der Waals surface area contributed by atoms with Crippen molar-refractivity contribution in [2.24, 2.45) is 0 Å². The van der Waals surface area contributed by atoms with Gasteiger partial charge in [0.2, 0.25) is 0 Å². The minimum absolute atomic E-state index is 0.429. The van der Waals surface area contributed by atoms with Gasteiger partial charge >= 0.3 is 0 Å². The van der Waals surface area contributed by atoms with Crippen molar-refractivity contribution in [1.82, 2.24) is 5.32 Å². The number of methoxy groups -OCH3 is 1. The lowest BCUT2D eigenvalue weighted by Crippen LogP contribution is -2.21. The normalized spacial score (nSPS) is 10.9. The predicted octanol–water partition coefficient (Wildman–Crippen LogP) is 5.19. The van der Waals surface area contributed by atoms with Crippen molar-refractivity contribution in [2.75, 3.05) is 7.11 Å². The highest BCUT2D eigenvalue weighted by molar-refractivity contribution is 9.10. The Morgan fingerprint density at radius 1 is 1.17 bits per heavy atom. The van der Waals surface area contributed by atoms with Gasteiger partial charge in [-0.1, -0.05) is 37.6 Å². The zero-order valence-electron chi connectivity index (χ0n) is 13.5. The zero-order chi connectivity index (χ0) is 16.8. The molecule has 0 fully saturated rings. The van der Waals surface area contributed by atoms with E-state index in [9.17, 15) is 0 Å². The lowest BCUT2D eigenvalue weighted by Gasteiger charge is -2.15. The molecule has 0 aliphatic heterocycles. The molecule has 0 spiro atoms. The van der Waals surface area contributed by atoms with Gasteiger partial charge < -0.3 is 14.8 Å². The van der Waals surface area contributed by atoms with Crippen molar-refractivity contribution in [3.8, 4) is 11.5 Å². The number of hydrogen-bond acceptors (Lipinski definition) is 3. The highest BCUT2D eigenvalue weighted by atomic mass is 79.9. The Morgan fingerprint density at radius 2 is 1.96 bits per heavy atom. The van der Waals surface area contributed by atoms with Crippen LogP contribution in [0.4, 0.5) is 0 Å². The molecule has 2 aromatic carbocycles. The number of hydrogen-bond donors (Lipinski definition) is 1. The first-order chi connectivity index (χ1) is 11.0. The fraction of sp³-hybridized carbons (Fsp3) is 0.333. The van der Waals surface area contributed by atoms with Crippen LogP contribution in [0.3, 0.4) is 0 Å². The lowest BCUT2D eigenvalue weighted by atomic mass is 10.2. The van der Waals surface area contributed by atoms with Crippen molar-refractivity contribution in [3.63, 3.8) is 0 Å². The largest absolute Gasteiger partial charge is 0.493 e. The van der Waals surface area contributed by atoms with Crippen LogP contribution in [0.2, 0.25) is 5.02 Å². The van der Waals surface area contributed by atoms with E-state index in [1.54, 1.807) is 7.11 Å². The molecule has 5 heteroatoms. The van der Waals surface area contributed by atoms with E-state index in [-0.39, 0.29) is 0 Å². The van der Waals surface area contributed by atoms with Gasteiger partial charge in [-0.15, -0.1) is 0 Å². The average Bonchev–Trinajstić information content (AvgIpc) is 2.51. The summed E-state index contributed by atoms with van der Waals surface area (Å²) in [6.07, 6.45) is 0. The number of nitrogens with one attached hydrogen (secondary N) is 1. The third-order valence-electron chi connectivity index (χ3n) is 3.28. The van der Waals surface area contributed by atoms with Crippen molar-refractivity contribution in [1.29, 1.82) is 0 Å². The summed E-state index contributed by atoms with van der Waals surface area (Å²) in [5.74, 6) is 1.41.